The Balaban J connectivity index is 2.64. The lowest BCUT2D eigenvalue weighted by Crippen LogP contribution is -2.09. The van der Waals surface area contributed by atoms with E-state index in [9.17, 15) is 9.18 Å². The van der Waals surface area contributed by atoms with E-state index >= 15 is 0 Å². The molecule has 0 saturated carbocycles. The number of imidazole rings is 1. The zero-order valence-electron chi connectivity index (χ0n) is 8.01. The Morgan fingerprint density at radius 2 is 2.40 bits per heavy atom. The molecular formula is C10H9FN2O2. The number of carboxylic acid groups (broad SMARTS) is 1. The Morgan fingerprint density at radius 1 is 1.67 bits per heavy atom. The number of fused-ring (bicyclic) bond motifs is 1. The Morgan fingerprint density at radius 3 is 3.07 bits per heavy atom. The molecule has 0 saturated heterocycles. The molecule has 0 aliphatic heterocycles. The third kappa shape index (κ3) is 1.45. The molecule has 0 radical (unpaired) electrons. The maximum atomic E-state index is 13.2. The predicted octanol–water partition coefficient (Wildman–Crippen LogP) is 1.66. The van der Waals surface area contributed by atoms with Crippen LogP contribution in [0.2, 0.25) is 0 Å². The van der Waals surface area contributed by atoms with Crippen LogP contribution in [-0.2, 0) is 4.79 Å². The number of carboxylic acids is 1. The monoisotopic (exact) mass is 208 g/mol. The molecule has 1 atom stereocenters. The zero-order valence-corrected chi connectivity index (χ0v) is 8.01. The van der Waals surface area contributed by atoms with E-state index in [1.54, 1.807) is 6.20 Å². The van der Waals surface area contributed by atoms with E-state index in [4.69, 9.17) is 5.11 Å². The molecule has 2 aromatic rings. The smallest absolute Gasteiger partial charge is 0.312 e. The van der Waals surface area contributed by atoms with Crippen LogP contribution >= 0.6 is 0 Å². The lowest BCUT2D eigenvalue weighted by atomic mass is 10.1. The molecule has 78 valence electrons. The van der Waals surface area contributed by atoms with E-state index in [1.165, 1.54) is 29.7 Å². The fraction of sp³-hybridized carbons (Fsp3) is 0.200. The quantitative estimate of drug-likeness (QED) is 0.816. The summed E-state index contributed by atoms with van der Waals surface area (Å²) < 4.78 is 14.7. The highest BCUT2D eigenvalue weighted by molar-refractivity contribution is 5.75. The van der Waals surface area contributed by atoms with E-state index < -0.39 is 17.7 Å². The third-order valence-electron chi connectivity index (χ3n) is 2.33. The molecular weight excluding hydrogens is 199 g/mol. The summed E-state index contributed by atoms with van der Waals surface area (Å²) in [4.78, 5) is 14.6. The van der Waals surface area contributed by atoms with Crippen molar-refractivity contribution < 1.29 is 14.3 Å². The van der Waals surface area contributed by atoms with Crippen molar-refractivity contribution in [1.29, 1.82) is 0 Å². The summed E-state index contributed by atoms with van der Waals surface area (Å²) in [5.41, 5.74) is 0.623. The SMILES string of the molecule is CC(C(=O)O)c1cnc2c(F)cccn12. The fourth-order valence-corrected chi connectivity index (χ4v) is 1.44. The van der Waals surface area contributed by atoms with Gasteiger partial charge in [-0.25, -0.2) is 9.37 Å². The van der Waals surface area contributed by atoms with E-state index in [1.807, 2.05) is 0 Å². The molecule has 0 fully saturated rings. The second-order valence-electron chi connectivity index (χ2n) is 3.29. The van der Waals surface area contributed by atoms with Gasteiger partial charge in [-0.3, -0.25) is 4.79 Å². The minimum atomic E-state index is -0.957. The number of hydrogen-bond acceptors (Lipinski definition) is 2. The summed E-state index contributed by atoms with van der Waals surface area (Å²) in [5, 5.41) is 8.85. The zero-order chi connectivity index (χ0) is 11.0. The van der Waals surface area contributed by atoms with Crippen molar-refractivity contribution in [3.8, 4) is 0 Å². The first kappa shape index (κ1) is 9.64. The first-order valence-electron chi connectivity index (χ1n) is 4.45. The number of carbonyl (C=O) groups is 1. The van der Waals surface area contributed by atoms with Gasteiger partial charge in [-0.2, -0.15) is 0 Å². The molecule has 15 heavy (non-hydrogen) atoms. The predicted molar refractivity (Wildman–Crippen MR) is 51.2 cm³/mol. The third-order valence-corrected chi connectivity index (χ3v) is 2.33. The first-order chi connectivity index (χ1) is 7.11. The van der Waals surface area contributed by atoms with Gasteiger partial charge in [0, 0.05) is 6.20 Å². The number of aromatic nitrogens is 2. The van der Waals surface area contributed by atoms with Crippen molar-refractivity contribution in [2.24, 2.45) is 0 Å². The average Bonchev–Trinajstić information content (AvgIpc) is 2.61. The van der Waals surface area contributed by atoms with Crippen molar-refractivity contribution in [2.45, 2.75) is 12.8 Å². The number of hydrogen-bond donors (Lipinski definition) is 1. The number of halogens is 1. The molecule has 0 aliphatic carbocycles. The van der Waals surface area contributed by atoms with Crippen LogP contribution in [-0.4, -0.2) is 20.5 Å². The van der Waals surface area contributed by atoms with Crippen LogP contribution in [0.15, 0.2) is 24.5 Å². The molecule has 0 aromatic carbocycles. The molecule has 2 rings (SSSR count). The van der Waals surface area contributed by atoms with Crippen molar-refractivity contribution in [1.82, 2.24) is 9.38 Å². The molecule has 2 aromatic heterocycles. The lowest BCUT2D eigenvalue weighted by Gasteiger charge is -2.05. The molecule has 2 heterocycles. The maximum absolute atomic E-state index is 13.2. The molecule has 0 bridgehead atoms. The van der Waals surface area contributed by atoms with E-state index in [0.29, 0.717) is 5.69 Å². The summed E-state index contributed by atoms with van der Waals surface area (Å²) in [6.07, 6.45) is 2.98. The molecule has 0 aliphatic rings. The van der Waals surface area contributed by atoms with Crippen molar-refractivity contribution in [3.63, 3.8) is 0 Å². The summed E-state index contributed by atoms with van der Waals surface area (Å²) in [7, 11) is 0. The summed E-state index contributed by atoms with van der Waals surface area (Å²) >= 11 is 0. The summed E-state index contributed by atoms with van der Waals surface area (Å²) in [6, 6.07) is 2.81. The summed E-state index contributed by atoms with van der Waals surface area (Å²) in [6.45, 7) is 1.54. The number of aliphatic carboxylic acids is 1. The van der Waals surface area contributed by atoms with Crippen LogP contribution < -0.4 is 0 Å². The Hall–Kier alpha value is -1.91. The van der Waals surface area contributed by atoms with Gasteiger partial charge in [0.1, 0.15) is 0 Å². The maximum Gasteiger partial charge on any atom is 0.312 e. The van der Waals surface area contributed by atoms with E-state index in [0.717, 1.165) is 0 Å². The van der Waals surface area contributed by atoms with Gasteiger partial charge in [-0.1, -0.05) is 0 Å². The molecule has 1 unspecified atom stereocenters. The van der Waals surface area contributed by atoms with Crippen LogP contribution in [0.4, 0.5) is 4.39 Å². The lowest BCUT2D eigenvalue weighted by molar-refractivity contribution is -0.138. The normalized spacial score (nSPS) is 12.9. The highest BCUT2D eigenvalue weighted by atomic mass is 19.1. The highest BCUT2D eigenvalue weighted by Gasteiger charge is 2.18. The second-order valence-corrected chi connectivity index (χ2v) is 3.29. The van der Waals surface area contributed by atoms with Gasteiger partial charge in [0.15, 0.2) is 11.5 Å². The van der Waals surface area contributed by atoms with Gasteiger partial charge in [0.05, 0.1) is 17.8 Å². The van der Waals surface area contributed by atoms with E-state index in [2.05, 4.69) is 4.98 Å². The van der Waals surface area contributed by atoms with Crippen LogP contribution in [0.1, 0.15) is 18.5 Å². The van der Waals surface area contributed by atoms with Crippen LogP contribution in [0.25, 0.3) is 5.65 Å². The summed E-state index contributed by atoms with van der Waals surface area (Å²) in [5.74, 6) is -2.12. The average molecular weight is 208 g/mol. The Labute approximate surface area is 85.0 Å². The first-order valence-corrected chi connectivity index (χ1v) is 4.45. The van der Waals surface area contributed by atoms with Crippen LogP contribution in [0, 0.1) is 5.82 Å². The molecule has 0 amide bonds. The molecule has 5 heteroatoms. The van der Waals surface area contributed by atoms with E-state index in [-0.39, 0.29) is 5.65 Å². The van der Waals surface area contributed by atoms with Gasteiger partial charge in [0.25, 0.3) is 0 Å². The molecule has 0 spiro atoms. The topological polar surface area (TPSA) is 54.6 Å². The Kier molecular flexibility index (Phi) is 2.15. The van der Waals surface area contributed by atoms with Crippen molar-refractivity contribution in [3.05, 3.63) is 36.0 Å². The standard InChI is InChI=1S/C10H9FN2O2/c1-6(10(14)15)8-5-12-9-7(11)3-2-4-13(8)9/h2-6H,1H3,(H,14,15). The van der Waals surface area contributed by atoms with Gasteiger partial charge < -0.3 is 9.51 Å². The second kappa shape index (κ2) is 3.34. The largest absolute Gasteiger partial charge is 0.481 e. The van der Waals surface area contributed by atoms with Gasteiger partial charge in [-0.15, -0.1) is 0 Å². The van der Waals surface area contributed by atoms with Crippen LogP contribution in [0.3, 0.4) is 0 Å². The van der Waals surface area contributed by atoms with Crippen molar-refractivity contribution >= 4 is 11.6 Å². The van der Waals surface area contributed by atoms with Gasteiger partial charge in [-0.05, 0) is 19.1 Å². The Bertz CT molecular complexity index is 521. The fourth-order valence-electron chi connectivity index (χ4n) is 1.44. The minimum Gasteiger partial charge on any atom is -0.481 e. The highest BCUT2D eigenvalue weighted by Crippen LogP contribution is 2.18. The molecule has 4 nitrogen and oxygen atoms in total. The van der Waals surface area contributed by atoms with Gasteiger partial charge in [0.2, 0.25) is 0 Å². The van der Waals surface area contributed by atoms with Crippen LogP contribution in [0.5, 0.6) is 0 Å². The number of nitrogens with zero attached hydrogens (tertiary/aromatic N) is 2. The number of rotatable bonds is 2. The minimum absolute atomic E-state index is 0.153. The number of pyridine rings is 1. The van der Waals surface area contributed by atoms with Gasteiger partial charge >= 0.3 is 5.97 Å². The molecule has 1 N–H and O–H groups in total. The van der Waals surface area contributed by atoms with Crippen molar-refractivity contribution in [2.75, 3.05) is 0 Å².